The summed E-state index contributed by atoms with van der Waals surface area (Å²) in [6.07, 6.45) is 0. The van der Waals surface area contributed by atoms with Gasteiger partial charge < -0.3 is 0 Å². The first-order chi connectivity index (χ1) is 10.9. The number of hydrogen-bond donors (Lipinski definition) is 0. The molecule has 1 aromatic carbocycles. The Morgan fingerprint density at radius 3 is 2.43 bits per heavy atom. The fourth-order valence-electron chi connectivity index (χ4n) is 2.67. The Hall–Kier alpha value is -2.28. The first-order valence-electron chi connectivity index (χ1n) is 7.21. The van der Waals surface area contributed by atoms with Crippen molar-refractivity contribution in [2.75, 3.05) is 4.90 Å². The van der Waals surface area contributed by atoms with Crippen molar-refractivity contribution in [3.63, 3.8) is 0 Å². The van der Waals surface area contributed by atoms with E-state index in [1.807, 2.05) is 13.8 Å². The van der Waals surface area contributed by atoms with Crippen molar-refractivity contribution in [2.24, 2.45) is 0 Å². The second-order valence-electron chi connectivity index (χ2n) is 5.47. The van der Waals surface area contributed by atoms with E-state index < -0.39 is 6.04 Å². The third kappa shape index (κ3) is 2.72. The Kier molecular flexibility index (Phi) is 3.89. The van der Waals surface area contributed by atoms with Gasteiger partial charge in [-0.15, -0.1) is 11.3 Å². The van der Waals surface area contributed by atoms with E-state index in [4.69, 9.17) is 0 Å². The van der Waals surface area contributed by atoms with Crippen LogP contribution in [-0.4, -0.2) is 27.9 Å². The van der Waals surface area contributed by atoms with Crippen molar-refractivity contribution >= 4 is 29.0 Å². The smallest absolute Gasteiger partial charge is 0.282 e. The molecule has 1 unspecified atom stereocenters. The van der Waals surface area contributed by atoms with E-state index >= 15 is 0 Å². The van der Waals surface area contributed by atoms with Crippen LogP contribution in [0.15, 0.2) is 24.3 Å². The molecule has 7 heteroatoms. The largest absolute Gasteiger partial charge is 0.332 e. The predicted octanol–water partition coefficient (Wildman–Crippen LogP) is 3.26. The molecule has 120 valence electrons. The van der Waals surface area contributed by atoms with Gasteiger partial charge in [0.15, 0.2) is 0 Å². The Morgan fingerprint density at radius 2 is 1.87 bits per heavy atom. The van der Waals surface area contributed by atoms with Crippen molar-refractivity contribution in [1.82, 2.24) is 9.88 Å². The molecular formula is C16H16FN3O2S. The number of halogens is 1. The minimum atomic E-state index is -0.609. The lowest BCUT2D eigenvalue weighted by Gasteiger charge is -2.19. The number of amides is 3. The summed E-state index contributed by atoms with van der Waals surface area (Å²) in [7, 11) is 0. The molecular weight excluding hydrogens is 317 g/mol. The highest BCUT2D eigenvalue weighted by Crippen LogP contribution is 2.28. The molecule has 1 saturated heterocycles. The molecule has 0 saturated carbocycles. The maximum absolute atomic E-state index is 13.1. The van der Waals surface area contributed by atoms with Gasteiger partial charge in [0.25, 0.3) is 5.91 Å². The number of hydrogen-bond acceptors (Lipinski definition) is 4. The molecule has 3 rings (SSSR count). The monoisotopic (exact) mass is 333 g/mol. The summed E-state index contributed by atoms with van der Waals surface area (Å²) in [6.45, 7) is 5.65. The molecule has 2 aromatic rings. The molecule has 5 nitrogen and oxygen atoms in total. The van der Waals surface area contributed by atoms with E-state index in [9.17, 15) is 14.0 Å². The third-order valence-corrected chi connectivity index (χ3v) is 4.91. The van der Waals surface area contributed by atoms with Gasteiger partial charge in [0.2, 0.25) is 0 Å². The molecule has 2 heterocycles. The average Bonchev–Trinajstić information content (AvgIpc) is 2.92. The quantitative estimate of drug-likeness (QED) is 0.810. The molecule has 1 atom stereocenters. The molecule has 0 spiro atoms. The summed E-state index contributed by atoms with van der Waals surface area (Å²) in [6, 6.07) is 4.56. The van der Waals surface area contributed by atoms with E-state index in [0.29, 0.717) is 5.69 Å². The molecule has 0 radical (unpaired) electrons. The molecule has 0 N–H and O–H groups in total. The molecule has 1 aliphatic rings. The first-order valence-corrected chi connectivity index (χ1v) is 8.03. The number of aromatic nitrogens is 1. The SMILES string of the molecule is Cc1nc(C)c(CN2C(=O)C(C)N(c3ccc(F)cc3)C2=O)s1. The number of urea groups is 1. The Balaban J connectivity index is 1.89. The molecule has 1 aromatic heterocycles. The van der Waals surface area contributed by atoms with Crippen LogP contribution in [0, 0.1) is 19.7 Å². The summed E-state index contributed by atoms with van der Waals surface area (Å²) < 4.78 is 13.1. The van der Waals surface area contributed by atoms with Crippen LogP contribution in [0.5, 0.6) is 0 Å². The van der Waals surface area contributed by atoms with Crippen molar-refractivity contribution in [3.8, 4) is 0 Å². The maximum Gasteiger partial charge on any atom is 0.332 e. The summed E-state index contributed by atoms with van der Waals surface area (Å²) in [4.78, 5) is 33.0. The number of nitrogens with zero attached hydrogens (tertiary/aromatic N) is 3. The molecule has 3 amide bonds. The summed E-state index contributed by atoms with van der Waals surface area (Å²) >= 11 is 1.48. The number of carbonyl (C=O) groups is 2. The van der Waals surface area contributed by atoms with E-state index in [-0.39, 0.29) is 24.3 Å². The van der Waals surface area contributed by atoms with Gasteiger partial charge in [0, 0.05) is 10.6 Å². The number of aryl methyl sites for hydroxylation is 2. The van der Waals surface area contributed by atoms with Crippen LogP contribution in [0.25, 0.3) is 0 Å². The highest BCUT2D eigenvalue weighted by molar-refractivity contribution is 7.11. The average molecular weight is 333 g/mol. The van der Waals surface area contributed by atoms with Gasteiger partial charge in [-0.25, -0.2) is 14.2 Å². The van der Waals surface area contributed by atoms with E-state index in [1.165, 1.54) is 45.4 Å². The molecule has 1 fully saturated rings. The van der Waals surface area contributed by atoms with Gasteiger partial charge in [0.1, 0.15) is 11.9 Å². The van der Waals surface area contributed by atoms with Crippen LogP contribution < -0.4 is 4.90 Å². The number of benzene rings is 1. The number of rotatable bonds is 3. The Labute approximate surface area is 137 Å². The van der Waals surface area contributed by atoms with Crippen molar-refractivity contribution in [3.05, 3.63) is 45.7 Å². The number of thiazole rings is 1. The highest BCUT2D eigenvalue weighted by atomic mass is 32.1. The molecule has 23 heavy (non-hydrogen) atoms. The van der Waals surface area contributed by atoms with Crippen molar-refractivity contribution in [1.29, 1.82) is 0 Å². The standard InChI is InChI=1S/C16H16FN3O2S/c1-9-14(23-11(3)18-9)8-19-15(21)10(2)20(16(19)22)13-6-4-12(17)5-7-13/h4-7,10H,8H2,1-3H3. The first kappa shape index (κ1) is 15.6. The lowest BCUT2D eigenvalue weighted by atomic mass is 10.2. The minimum absolute atomic E-state index is 0.219. The fourth-order valence-corrected chi connectivity index (χ4v) is 3.60. The Morgan fingerprint density at radius 1 is 1.22 bits per heavy atom. The lowest BCUT2D eigenvalue weighted by molar-refractivity contribution is -0.127. The van der Waals surface area contributed by atoms with Crippen LogP contribution in [0.1, 0.15) is 22.5 Å². The van der Waals surface area contributed by atoms with Crippen LogP contribution in [0.3, 0.4) is 0 Å². The zero-order valence-corrected chi connectivity index (χ0v) is 13.9. The summed E-state index contributed by atoms with van der Waals surface area (Å²) in [5.41, 5.74) is 1.35. The summed E-state index contributed by atoms with van der Waals surface area (Å²) in [5, 5.41) is 0.903. The third-order valence-electron chi connectivity index (χ3n) is 3.85. The number of imide groups is 1. The van der Waals surface area contributed by atoms with Gasteiger partial charge in [-0.3, -0.25) is 14.6 Å². The van der Waals surface area contributed by atoms with Crippen LogP contribution in [-0.2, 0) is 11.3 Å². The van der Waals surface area contributed by atoms with Gasteiger partial charge >= 0.3 is 6.03 Å². The number of carbonyl (C=O) groups excluding carboxylic acids is 2. The summed E-state index contributed by atoms with van der Waals surface area (Å²) in [5.74, 6) is -0.642. The normalized spacial score (nSPS) is 18.2. The molecule has 0 aliphatic carbocycles. The van der Waals surface area contributed by atoms with Crippen LogP contribution in [0.4, 0.5) is 14.9 Å². The second-order valence-corrected chi connectivity index (χ2v) is 6.76. The van der Waals surface area contributed by atoms with Gasteiger partial charge in [-0.1, -0.05) is 0 Å². The zero-order valence-electron chi connectivity index (χ0n) is 13.0. The molecule has 1 aliphatic heterocycles. The van der Waals surface area contributed by atoms with Crippen LogP contribution in [0.2, 0.25) is 0 Å². The van der Waals surface area contributed by atoms with E-state index in [0.717, 1.165) is 15.6 Å². The zero-order chi connectivity index (χ0) is 16.7. The highest BCUT2D eigenvalue weighted by Gasteiger charge is 2.43. The topological polar surface area (TPSA) is 53.5 Å². The van der Waals surface area contributed by atoms with Crippen LogP contribution >= 0.6 is 11.3 Å². The molecule has 0 bridgehead atoms. The fraction of sp³-hybridized carbons (Fsp3) is 0.312. The van der Waals surface area contributed by atoms with Crippen molar-refractivity contribution < 1.29 is 14.0 Å². The lowest BCUT2D eigenvalue weighted by Crippen LogP contribution is -2.33. The van der Waals surface area contributed by atoms with Crippen molar-refractivity contribution in [2.45, 2.75) is 33.4 Å². The van der Waals surface area contributed by atoms with Gasteiger partial charge in [0.05, 0.1) is 17.2 Å². The minimum Gasteiger partial charge on any atom is -0.282 e. The second kappa shape index (κ2) is 5.73. The van der Waals surface area contributed by atoms with Gasteiger partial charge in [-0.2, -0.15) is 0 Å². The maximum atomic E-state index is 13.1. The van der Waals surface area contributed by atoms with E-state index in [2.05, 4.69) is 4.98 Å². The van der Waals surface area contributed by atoms with E-state index in [1.54, 1.807) is 6.92 Å². The predicted molar refractivity (Wildman–Crippen MR) is 85.9 cm³/mol. The van der Waals surface area contributed by atoms with Gasteiger partial charge in [-0.05, 0) is 45.0 Å². The number of anilines is 1. The Bertz CT molecular complexity index is 772.